The summed E-state index contributed by atoms with van der Waals surface area (Å²) in [7, 11) is 0. The molecule has 3 N–H and O–H groups in total. The molecule has 0 bridgehead atoms. The zero-order valence-corrected chi connectivity index (χ0v) is 39.7. The van der Waals surface area contributed by atoms with Crippen LogP contribution in [0.1, 0.15) is 258 Å². The fraction of sp³-hybridized carbons (Fsp3) is 0.815. The number of aliphatic hydroxyl groups is 2. The SMILES string of the molecule is CCCCC/C=C\C/C=C\CCCCCCCC(=O)OCCCC/C=C\CCCCCCCC(=O)NC(CO)C(O)/C=C/CCCCCCCCCCCCCCCCC. The number of aliphatic hydroxyl groups excluding tert-OH is 2. The van der Waals surface area contributed by atoms with Crippen LogP contribution in [0.25, 0.3) is 0 Å². The highest BCUT2D eigenvalue weighted by Gasteiger charge is 2.18. The van der Waals surface area contributed by atoms with Crippen molar-refractivity contribution in [3.05, 3.63) is 48.6 Å². The third-order valence-corrected chi connectivity index (χ3v) is 11.6. The van der Waals surface area contributed by atoms with Crippen LogP contribution in [0.4, 0.5) is 0 Å². The summed E-state index contributed by atoms with van der Waals surface area (Å²) < 4.78 is 5.43. The summed E-state index contributed by atoms with van der Waals surface area (Å²) in [6.45, 7) is 4.78. The van der Waals surface area contributed by atoms with Crippen molar-refractivity contribution in [3.8, 4) is 0 Å². The number of hydrogen-bond donors (Lipinski definition) is 3. The van der Waals surface area contributed by atoms with Gasteiger partial charge in [-0.25, -0.2) is 0 Å². The molecule has 0 heterocycles. The highest BCUT2D eigenvalue weighted by Crippen LogP contribution is 2.15. The average Bonchev–Trinajstić information content (AvgIpc) is 3.25. The normalized spacial score (nSPS) is 13.1. The van der Waals surface area contributed by atoms with E-state index >= 15 is 0 Å². The Labute approximate surface area is 372 Å². The smallest absolute Gasteiger partial charge is 0.305 e. The van der Waals surface area contributed by atoms with Crippen molar-refractivity contribution < 1.29 is 24.5 Å². The molecule has 2 atom stereocenters. The number of esters is 1. The lowest BCUT2D eigenvalue weighted by Gasteiger charge is -2.20. The van der Waals surface area contributed by atoms with E-state index in [1.165, 1.54) is 135 Å². The maximum absolute atomic E-state index is 12.4. The van der Waals surface area contributed by atoms with Crippen LogP contribution in [0.5, 0.6) is 0 Å². The van der Waals surface area contributed by atoms with Gasteiger partial charge >= 0.3 is 5.97 Å². The third kappa shape index (κ3) is 45.3. The first-order valence-corrected chi connectivity index (χ1v) is 25.9. The van der Waals surface area contributed by atoms with Crippen LogP contribution in [0.15, 0.2) is 48.6 Å². The molecule has 0 aromatic rings. The summed E-state index contributed by atoms with van der Waals surface area (Å²) in [4.78, 5) is 24.4. The average molecular weight is 842 g/mol. The molecular weight excluding hydrogens is 743 g/mol. The predicted molar refractivity (Wildman–Crippen MR) is 259 cm³/mol. The molecule has 60 heavy (non-hydrogen) atoms. The molecule has 6 heteroatoms. The number of nitrogens with one attached hydrogen (secondary N) is 1. The second kappa shape index (κ2) is 49.5. The molecular formula is C54H99NO5. The van der Waals surface area contributed by atoms with E-state index in [0.29, 0.717) is 19.4 Å². The van der Waals surface area contributed by atoms with Crippen molar-refractivity contribution in [1.82, 2.24) is 5.32 Å². The molecule has 0 saturated heterocycles. The van der Waals surface area contributed by atoms with Gasteiger partial charge in [0.05, 0.1) is 25.4 Å². The number of unbranched alkanes of at least 4 members (excludes halogenated alkanes) is 30. The van der Waals surface area contributed by atoms with E-state index in [2.05, 4.69) is 55.6 Å². The summed E-state index contributed by atoms with van der Waals surface area (Å²) in [5.41, 5.74) is 0. The van der Waals surface area contributed by atoms with Crippen molar-refractivity contribution in [2.45, 2.75) is 270 Å². The van der Waals surface area contributed by atoms with Gasteiger partial charge in [0.25, 0.3) is 0 Å². The maximum atomic E-state index is 12.4. The summed E-state index contributed by atoms with van der Waals surface area (Å²) in [6, 6.07) is -0.651. The van der Waals surface area contributed by atoms with Crippen LogP contribution < -0.4 is 5.32 Å². The highest BCUT2D eigenvalue weighted by molar-refractivity contribution is 5.76. The zero-order chi connectivity index (χ0) is 43.7. The summed E-state index contributed by atoms with van der Waals surface area (Å²) in [5.74, 6) is -0.146. The summed E-state index contributed by atoms with van der Waals surface area (Å²) in [5, 5.41) is 23.1. The van der Waals surface area contributed by atoms with Gasteiger partial charge in [-0.15, -0.1) is 0 Å². The van der Waals surface area contributed by atoms with Crippen molar-refractivity contribution in [2.75, 3.05) is 13.2 Å². The second-order valence-corrected chi connectivity index (χ2v) is 17.5. The lowest BCUT2D eigenvalue weighted by atomic mass is 10.0. The minimum atomic E-state index is -0.864. The molecule has 350 valence electrons. The van der Waals surface area contributed by atoms with E-state index in [1.54, 1.807) is 6.08 Å². The van der Waals surface area contributed by atoms with Crippen molar-refractivity contribution >= 4 is 11.9 Å². The molecule has 0 aliphatic rings. The molecule has 0 spiro atoms. The van der Waals surface area contributed by atoms with Crippen molar-refractivity contribution in [3.63, 3.8) is 0 Å². The maximum Gasteiger partial charge on any atom is 0.305 e. The quantitative estimate of drug-likeness (QED) is 0.0322. The van der Waals surface area contributed by atoms with Gasteiger partial charge in [-0.05, 0) is 89.9 Å². The third-order valence-electron chi connectivity index (χ3n) is 11.6. The Kier molecular flexibility index (Phi) is 47.7. The molecule has 0 aliphatic heterocycles. The molecule has 1 amide bonds. The fourth-order valence-corrected chi connectivity index (χ4v) is 7.54. The topological polar surface area (TPSA) is 95.9 Å². The van der Waals surface area contributed by atoms with Crippen LogP contribution >= 0.6 is 0 Å². The molecule has 2 unspecified atom stereocenters. The van der Waals surface area contributed by atoms with E-state index in [1.807, 2.05) is 6.08 Å². The number of hydrogen-bond acceptors (Lipinski definition) is 5. The number of ether oxygens (including phenoxy) is 1. The minimum absolute atomic E-state index is 0.0477. The number of carbonyl (C=O) groups excluding carboxylic acids is 2. The minimum Gasteiger partial charge on any atom is -0.466 e. The Morgan fingerprint density at radius 3 is 1.32 bits per heavy atom. The molecule has 0 aromatic carbocycles. The van der Waals surface area contributed by atoms with Gasteiger partial charge in [-0.1, -0.05) is 204 Å². The second-order valence-electron chi connectivity index (χ2n) is 17.5. The Morgan fingerprint density at radius 2 is 0.833 bits per heavy atom. The van der Waals surface area contributed by atoms with Crippen molar-refractivity contribution in [2.24, 2.45) is 0 Å². The van der Waals surface area contributed by atoms with Crippen LogP contribution in [0.3, 0.4) is 0 Å². The Balaban J connectivity index is 3.58. The number of amides is 1. The first-order valence-electron chi connectivity index (χ1n) is 25.9. The van der Waals surface area contributed by atoms with Gasteiger partial charge in [-0.3, -0.25) is 9.59 Å². The number of carbonyl (C=O) groups is 2. The molecule has 0 aromatic heterocycles. The lowest BCUT2D eigenvalue weighted by Crippen LogP contribution is -2.45. The summed E-state index contributed by atoms with van der Waals surface area (Å²) >= 11 is 0. The predicted octanol–water partition coefficient (Wildman–Crippen LogP) is 15.5. The molecule has 6 nitrogen and oxygen atoms in total. The summed E-state index contributed by atoms with van der Waals surface area (Å²) in [6.07, 6.45) is 61.1. The number of rotatable bonds is 47. The van der Waals surface area contributed by atoms with Crippen LogP contribution in [0, 0.1) is 0 Å². The van der Waals surface area contributed by atoms with Gasteiger partial charge < -0.3 is 20.3 Å². The van der Waals surface area contributed by atoms with E-state index in [0.717, 1.165) is 96.3 Å². The molecule has 0 radical (unpaired) electrons. The van der Waals surface area contributed by atoms with Gasteiger partial charge in [0.2, 0.25) is 5.91 Å². The van der Waals surface area contributed by atoms with Crippen LogP contribution in [-0.2, 0) is 14.3 Å². The van der Waals surface area contributed by atoms with Gasteiger partial charge in [0.15, 0.2) is 0 Å². The standard InChI is InChI=1S/C54H99NO5/c1-3-5-7-9-11-13-15-17-19-20-22-23-26-30-34-38-42-46-52(57)51(50-56)55-53(58)47-43-39-35-31-27-25-29-33-37-41-45-49-60-54(59)48-44-40-36-32-28-24-21-18-16-14-12-10-8-6-4-2/h12,14,18,21,29,33,42,46,51-52,56-57H,3-11,13,15-17,19-20,22-28,30-32,34-41,43-45,47-50H2,1-2H3,(H,55,58)/b14-12-,21-18-,33-29-,46-42+. The van der Waals surface area contributed by atoms with Gasteiger partial charge in [0.1, 0.15) is 0 Å². The number of allylic oxidation sites excluding steroid dienone is 7. The van der Waals surface area contributed by atoms with Crippen LogP contribution in [0.2, 0.25) is 0 Å². The first-order chi connectivity index (χ1) is 29.5. The van der Waals surface area contributed by atoms with Crippen molar-refractivity contribution in [1.29, 1.82) is 0 Å². The van der Waals surface area contributed by atoms with Gasteiger partial charge in [0, 0.05) is 12.8 Å². The van der Waals surface area contributed by atoms with Crippen LogP contribution in [-0.4, -0.2) is 47.4 Å². The molecule has 0 fully saturated rings. The first kappa shape index (κ1) is 57.8. The largest absolute Gasteiger partial charge is 0.466 e. The van der Waals surface area contributed by atoms with E-state index < -0.39 is 12.1 Å². The molecule has 0 aliphatic carbocycles. The fourth-order valence-electron chi connectivity index (χ4n) is 7.54. The Hall–Kier alpha value is -2.18. The monoisotopic (exact) mass is 842 g/mol. The Morgan fingerprint density at radius 1 is 0.467 bits per heavy atom. The Bertz CT molecular complexity index is 1020. The van der Waals surface area contributed by atoms with Gasteiger partial charge in [-0.2, -0.15) is 0 Å². The zero-order valence-electron chi connectivity index (χ0n) is 39.7. The van der Waals surface area contributed by atoms with E-state index in [4.69, 9.17) is 4.74 Å². The molecule has 0 saturated carbocycles. The highest BCUT2D eigenvalue weighted by atomic mass is 16.5. The van der Waals surface area contributed by atoms with E-state index in [9.17, 15) is 19.8 Å². The molecule has 0 rings (SSSR count). The van der Waals surface area contributed by atoms with E-state index in [-0.39, 0.29) is 18.5 Å². The lowest BCUT2D eigenvalue weighted by molar-refractivity contribution is -0.143.